The minimum Gasteiger partial charge on any atom is -0.342 e. The highest BCUT2D eigenvalue weighted by atomic mass is 35.5. The molecule has 1 aliphatic carbocycles. The Morgan fingerprint density at radius 3 is 2.73 bits per heavy atom. The quantitative estimate of drug-likeness (QED) is 0.892. The lowest BCUT2D eigenvalue weighted by Gasteiger charge is -2.19. The van der Waals surface area contributed by atoms with Crippen LogP contribution in [0.2, 0.25) is 10.0 Å². The first kappa shape index (κ1) is 17.9. The van der Waals surface area contributed by atoms with Gasteiger partial charge >= 0.3 is 0 Å². The summed E-state index contributed by atoms with van der Waals surface area (Å²) in [5.74, 6) is 1.33. The molecule has 1 saturated heterocycles. The average molecular weight is 364 g/mol. The van der Waals surface area contributed by atoms with Crippen LogP contribution in [0.25, 0.3) is 0 Å². The van der Waals surface area contributed by atoms with Gasteiger partial charge in [-0.3, -0.25) is 4.79 Å². The van der Waals surface area contributed by atoms with Gasteiger partial charge in [0.15, 0.2) is 0 Å². The van der Waals surface area contributed by atoms with E-state index in [-0.39, 0.29) is 24.4 Å². The van der Waals surface area contributed by atoms with Gasteiger partial charge in [0.2, 0.25) is 5.91 Å². The molecule has 6 heteroatoms. The Labute approximate surface area is 147 Å². The van der Waals surface area contributed by atoms with E-state index in [0.717, 1.165) is 25.1 Å². The van der Waals surface area contributed by atoms with Crippen LogP contribution in [0.3, 0.4) is 0 Å². The highest BCUT2D eigenvalue weighted by molar-refractivity contribution is 6.35. The van der Waals surface area contributed by atoms with Crippen molar-refractivity contribution in [2.75, 3.05) is 13.1 Å². The lowest BCUT2D eigenvalue weighted by molar-refractivity contribution is -0.130. The van der Waals surface area contributed by atoms with E-state index in [9.17, 15) is 4.79 Å². The lowest BCUT2D eigenvalue weighted by atomic mass is 9.98. The first-order valence-corrected chi connectivity index (χ1v) is 8.27. The summed E-state index contributed by atoms with van der Waals surface area (Å²) in [5.41, 5.74) is 7.09. The van der Waals surface area contributed by atoms with Crippen molar-refractivity contribution in [2.45, 2.75) is 31.7 Å². The third-order valence-electron chi connectivity index (χ3n) is 4.89. The maximum Gasteiger partial charge on any atom is 0.222 e. The van der Waals surface area contributed by atoms with Crippen molar-refractivity contribution in [2.24, 2.45) is 17.6 Å². The van der Waals surface area contributed by atoms with Crippen LogP contribution in [0.4, 0.5) is 0 Å². The molecule has 0 radical (unpaired) electrons. The van der Waals surface area contributed by atoms with E-state index in [1.807, 2.05) is 17.0 Å². The largest absolute Gasteiger partial charge is 0.342 e. The van der Waals surface area contributed by atoms with E-state index in [0.29, 0.717) is 34.7 Å². The average Bonchev–Trinajstić information content (AvgIpc) is 3.00. The molecular weight excluding hydrogens is 343 g/mol. The number of fused-ring (bicyclic) bond motifs is 1. The van der Waals surface area contributed by atoms with Gasteiger partial charge in [0, 0.05) is 35.6 Å². The lowest BCUT2D eigenvalue weighted by Crippen LogP contribution is -2.33. The number of rotatable bonds is 3. The molecule has 1 amide bonds. The highest BCUT2D eigenvalue weighted by Crippen LogP contribution is 2.37. The van der Waals surface area contributed by atoms with Gasteiger partial charge < -0.3 is 10.6 Å². The summed E-state index contributed by atoms with van der Waals surface area (Å²) in [4.78, 5) is 14.3. The van der Waals surface area contributed by atoms with E-state index in [4.69, 9.17) is 28.9 Å². The second-order valence-electron chi connectivity index (χ2n) is 6.20. The molecule has 2 fully saturated rings. The molecule has 1 aromatic carbocycles. The molecule has 3 atom stereocenters. The number of benzene rings is 1. The molecule has 0 bridgehead atoms. The van der Waals surface area contributed by atoms with Gasteiger partial charge in [-0.25, -0.2) is 0 Å². The number of hydrogen-bond donors (Lipinski definition) is 1. The van der Waals surface area contributed by atoms with E-state index in [2.05, 4.69) is 0 Å². The molecule has 3 rings (SSSR count). The number of aryl methyl sites for hydroxylation is 1. The van der Waals surface area contributed by atoms with Crippen LogP contribution in [-0.4, -0.2) is 29.9 Å². The Hall–Kier alpha value is -0.480. The smallest absolute Gasteiger partial charge is 0.222 e. The van der Waals surface area contributed by atoms with E-state index in [1.54, 1.807) is 6.07 Å². The molecule has 0 aromatic heterocycles. The summed E-state index contributed by atoms with van der Waals surface area (Å²) >= 11 is 12.0. The van der Waals surface area contributed by atoms with Crippen LogP contribution >= 0.6 is 35.6 Å². The molecule has 1 saturated carbocycles. The van der Waals surface area contributed by atoms with E-state index in [1.165, 1.54) is 6.42 Å². The summed E-state index contributed by atoms with van der Waals surface area (Å²) in [5, 5.41) is 1.26. The van der Waals surface area contributed by atoms with Gasteiger partial charge in [-0.2, -0.15) is 0 Å². The number of carbonyl (C=O) groups is 1. The Kier molecular flexibility index (Phi) is 6.00. The zero-order valence-corrected chi connectivity index (χ0v) is 14.6. The number of hydrogen-bond acceptors (Lipinski definition) is 2. The number of halogens is 3. The predicted octanol–water partition coefficient (Wildman–Crippen LogP) is 3.54. The van der Waals surface area contributed by atoms with Gasteiger partial charge in [-0.05, 0) is 48.8 Å². The first-order valence-electron chi connectivity index (χ1n) is 7.52. The first-order chi connectivity index (χ1) is 10.0. The molecule has 22 heavy (non-hydrogen) atoms. The minimum atomic E-state index is 0. The SMILES string of the molecule is Cl.NC1CCC2CN(C(=O)CCc3ccc(Cl)cc3Cl)CC12. The number of nitrogens with zero attached hydrogens (tertiary/aromatic N) is 1. The fraction of sp³-hybridized carbons (Fsp3) is 0.562. The predicted molar refractivity (Wildman–Crippen MR) is 92.8 cm³/mol. The Morgan fingerprint density at radius 1 is 1.27 bits per heavy atom. The fourth-order valence-electron chi connectivity index (χ4n) is 3.64. The maximum absolute atomic E-state index is 12.4. The van der Waals surface area contributed by atoms with Crippen molar-refractivity contribution in [1.29, 1.82) is 0 Å². The number of likely N-dealkylation sites (tertiary alicyclic amines) is 1. The van der Waals surface area contributed by atoms with E-state index < -0.39 is 0 Å². The van der Waals surface area contributed by atoms with Gasteiger partial charge in [0.1, 0.15) is 0 Å². The minimum absolute atomic E-state index is 0. The Balaban J connectivity index is 0.00000176. The van der Waals surface area contributed by atoms with Crippen molar-refractivity contribution in [3.8, 4) is 0 Å². The van der Waals surface area contributed by atoms with Crippen molar-refractivity contribution in [1.82, 2.24) is 4.90 Å². The third kappa shape index (κ3) is 3.70. The van der Waals surface area contributed by atoms with Crippen LogP contribution in [-0.2, 0) is 11.2 Å². The number of amides is 1. The maximum atomic E-state index is 12.4. The van der Waals surface area contributed by atoms with Crippen LogP contribution < -0.4 is 5.73 Å². The molecule has 1 heterocycles. The standard InChI is InChI=1S/C16H20Cl2N2O.ClH/c17-12-4-1-10(14(18)7-12)3-6-16(21)20-8-11-2-5-15(19)13(11)9-20;/h1,4,7,11,13,15H,2-3,5-6,8-9,19H2;1H. The van der Waals surface area contributed by atoms with Crippen LogP contribution in [0.5, 0.6) is 0 Å². The van der Waals surface area contributed by atoms with Crippen molar-refractivity contribution in [3.05, 3.63) is 33.8 Å². The summed E-state index contributed by atoms with van der Waals surface area (Å²) in [7, 11) is 0. The van der Waals surface area contributed by atoms with Crippen molar-refractivity contribution >= 4 is 41.5 Å². The second kappa shape index (κ2) is 7.39. The summed E-state index contributed by atoms with van der Waals surface area (Å²) in [6, 6.07) is 5.71. The van der Waals surface area contributed by atoms with Crippen molar-refractivity contribution < 1.29 is 4.79 Å². The zero-order chi connectivity index (χ0) is 15.0. The second-order valence-corrected chi connectivity index (χ2v) is 7.04. The molecule has 2 aliphatic rings. The Morgan fingerprint density at radius 2 is 2.05 bits per heavy atom. The number of nitrogens with two attached hydrogens (primary N) is 1. The molecule has 122 valence electrons. The zero-order valence-electron chi connectivity index (χ0n) is 12.3. The summed E-state index contributed by atoms with van der Waals surface area (Å²) in [6.45, 7) is 1.71. The summed E-state index contributed by atoms with van der Waals surface area (Å²) in [6.07, 6.45) is 3.43. The van der Waals surface area contributed by atoms with E-state index >= 15 is 0 Å². The molecule has 3 unspecified atom stereocenters. The normalized spacial score (nSPS) is 26.7. The Bertz CT molecular complexity index is 552. The van der Waals surface area contributed by atoms with Crippen LogP contribution in [0, 0.1) is 11.8 Å². The van der Waals surface area contributed by atoms with Crippen molar-refractivity contribution in [3.63, 3.8) is 0 Å². The molecule has 1 aromatic rings. The van der Waals surface area contributed by atoms with Gasteiger partial charge in [-0.15, -0.1) is 12.4 Å². The summed E-state index contributed by atoms with van der Waals surface area (Å²) < 4.78 is 0. The fourth-order valence-corrected chi connectivity index (χ4v) is 4.14. The van der Waals surface area contributed by atoms with Gasteiger partial charge in [-0.1, -0.05) is 29.3 Å². The highest BCUT2D eigenvalue weighted by Gasteiger charge is 2.42. The molecular formula is C16H21Cl3N2O. The molecule has 2 N–H and O–H groups in total. The van der Waals surface area contributed by atoms with Crippen LogP contribution in [0.15, 0.2) is 18.2 Å². The molecule has 1 aliphatic heterocycles. The molecule has 0 spiro atoms. The third-order valence-corrected chi connectivity index (χ3v) is 5.48. The van der Waals surface area contributed by atoms with Gasteiger partial charge in [0.25, 0.3) is 0 Å². The topological polar surface area (TPSA) is 46.3 Å². The van der Waals surface area contributed by atoms with Gasteiger partial charge in [0.05, 0.1) is 0 Å². The molecule has 3 nitrogen and oxygen atoms in total. The number of carbonyl (C=O) groups excluding carboxylic acids is 1. The van der Waals surface area contributed by atoms with Crippen LogP contribution in [0.1, 0.15) is 24.8 Å². The monoisotopic (exact) mass is 362 g/mol.